The van der Waals surface area contributed by atoms with Crippen LogP contribution < -0.4 is 5.32 Å². The molecule has 0 bridgehead atoms. The molecule has 1 aromatic carbocycles. The van der Waals surface area contributed by atoms with E-state index in [9.17, 15) is 5.26 Å². The highest BCUT2D eigenvalue weighted by Gasteiger charge is 2.15. The fraction of sp³-hybridized carbons (Fsp3) is 0.375. The van der Waals surface area contributed by atoms with Crippen molar-refractivity contribution >= 4 is 16.7 Å². The Morgan fingerprint density at radius 2 is 2.10 bits per heavy atom. The van der Waals surface area contributed by atoms with Gasteiger partial charge in [-0.1, -0.05) is 32.0 Å². The second-order valence-corrected chi connectivity index (χ2v) is 5.20. The largest absolute Gasteiger partial charge is 0.396 e. The summed E-state index contributed by atoms with van der Waals surface area (Å²) in [6.45, 7) is 4.28. The minimum absolute atomic E-state index is 0.0979. The highest BCUT2D eigenvalue weighted by Crippen LogP contribution is 2.22. The number of hydrogen-bond acceptors (Lipinski definition) is 4. The number of fused-ring (bicyclic) bond motifs is 1. The molecule has 4 nitrogen and oxygen atoms in total. The fourth-order valence-corrected chi connectivity index (χ4v) is 2.20. The van der Waals surface area contributed by atoms with Crippen LogP contribution in [0, 0.1) is 17.2 Å². The van der Waals surface area contributed by atoms with E-state index in [4.69, 9.17) is 5.11 Å². The third kappa shape index (κ3) is 3.06. The fourth-order valence-electron chi connectivity index (χ4n) is 2.20. The Labute approximate surface area is 119 Å². The van der Waals surface area contributed by atoms with Gasteiger partial charge in [0.2, 0.25) is 0 Å². The molecule has 1 aromatic heterocycles. The zero-order chi connectivity index (χ0) is 14.5. The molecular formula is C16H19N3O. The summed E-state index contributed by atoms with van der Waals surface area (Å²) in [5.41, 5.74) is 1.40. The first kappa shape index (κ1) is 14.3. The molecule has 0 fully saturated rings. The third-order valence-corrected chi connectivity index (χ3v) is 3.41. The molecule has 104 valence electrons. The van der Waals surface area contributed by atoms with E-state index in [1.165, 1.54) is 0 Å². The van der Waals surface area contributed by atoms with Crippen molar-refractivity contribution in [2.75, 3.05) is 11.9 Å². The van der Waals surface area contributed by atoms with Crippen LogP contribution in [-0.4, -0.2) is 22.7 Å². The summed E-state index contributed by atoms with van der Waals surface area (Å²) in [5, 5.41) is 22.7. The summed E-state index contributed by atoms with van der Waals surface area (Å²) in [6, 6.07) is 11.9. The normalized spacial score (nSPS) is 12.3. The van der Waals surface area contributed by atoms with E-state index in [0.29, 0.717) is 23.7 Å². The first-order valence-electron chi connectivity index (χ1n) is 6.83. The highest BCUT2D eigenvalue weighted by molar-refractivity contribution is 5.82. The lowest BCUT2D eigenvalue weighted by Crippen LogP contribution is -2.27. The van der Waals surface area contributed by atoms with Gasteiger partial charge in [-0.3, -0.25) is 0 Å². The molecule has 0 aliphatic rings. The zero-order valence-electron chi connectivity index (χ0n) is 11.8. The Bertz CT molecular complexity index is 631. The number of anilines is 1. The van der Waals surface area contributed by atoms with E-state index in [0.717, 1.165) is 10.9 Å². The molecule has 1 unspecified atom stereocenters. The summed E-state index contributed by atoms with van der Waals surface area (Å²) in [7, 11) is 0. The van der Waals surface area contributed by atoms with Crippen LogP contribution in [0.1, 0.15) is 25.8 Å². The number of benzene rings is 1. The quantitative estimate of drug-likeness (QED) is 0.875. The van der Waals surface area contributed by atoms with Gasteiger partial charge in [0.15, 0.2) is 0 Å². The molecule has 0 saturated heterocycles. The number of pyridine rings is 1. The van der Waals surface area contributed by atoms with Crippen LogP contribution in [0.5, 0.6) is 0 Å². The highest BCUT2D eigenvalue weighted by atomic mass is 16.3. The number of nitrogens with zero attached hydrogens (tertiary/aromatic N) is 2. The Balaban J connectivity index is 2.39. The van der Waals surface area contributed by atoms with Crippen LogP contribution in [0.3, 0.4) is 0 Å². The number of nitriles is 1. The lowest BCUT2D eigenvalue weighted by molar-refractivity contribution is 0.267. The number of para-hydroxylation sites is 1. The van der Waals surface area contributed by atoms with Gasteiger partial charge in [-0.15, -0.1) is 0 Å². The maximum atomic E-state index is 9.28. The predicted molar refractivity (Wildman–Crippen MR) is 80.4 cm³/mol. The molecule has 0 saturated carbocycles. The van der Waals surface area contributed by atoms with Gasteiger partial charge < -0.3 is 10.4 Å². The van der Waals surface area contributed by atoms with Crippen LogP contribution in [0.2, 0.25) is 0 Å². The third-order valence-electron chi connectivity index (χ3n) is 3.41. The Hall–Kier alpha value is -2.12. The number of aliphatic hydroxyl groups excluding tert-OH is 1. The number of hydrogen-bond donors (Lipinski definition) is 2. The van der Waals surface area contributed by atoms with E-state index in [-0.39, 0.29) is 12.6 Å². The smallest absolute Gasteiger partial charge is 0.144 e. The molecule has 0 spiro atoms. The van der Waals surface area contributed by atoms with E-state index < -0.39 is 0 Å². The van der Waals surface area contributed by atoms with Crippen molar-refractivity contribution in [2.45, 2.75) is 26.3 Å². The average Bonchev–Trinajstić information content (AvgIpc) is 2.45. The van der Waals surface area contributed by atoms with Crippen molar-refractivity contribution < 1.29 is 5.11 Å². The summed E-state index contributed by atoms with van der Waals surface area (Å²) in [6.07, 6.45) is 0.636. The first-order valence-corrected chi connectivity index (χ1v) is 6.83. The molecule has 0 aliphatic carbocycles. The summed E-state index contributed by atoms with van der Waals surface area (Å²) >= 11 is 0. The SMILES string of the molecule is CC(C)C(CCO)Nc1nc2ccccc2cc1C#N. The van der Waals surface area contributed by atoms with Crippen LogP contribution in [-0.2, 0) is 0 Å². The van der Waals surface area contributed by atoms with Crippen LogP contribution in [0.4, 0.5) is 5.82 Å². The van der Waals surface area contributed by atoms with Crippen LogP contribution in [0.25, 0.3) is 10.9 Å². The Morgan fingerprint density at radius 3 is 2.75 bits per heavy atom. The zero-order valence-corrected chi connectivity index (χ0v) is 11.8. The molecule has 2 aromatic rings. The molecule has 0 amide bonds. The minimum atomic E-state index is 0.0979. The van der Waals surface area contributed by atoms with Gasteiger partial charge in [0.05, 0.1) is 11.1 Å². The topological polar surface area (TPSA) is 68.9 Å². The van der Waals surface area contributed by atoms with E-state index in [2.05, 4.69) is 30.2 Å². The van der Waals surface area contributed by atoms with E-state index >= 15 is 0 Å². The van der Waals surface area contributed by atoms with Crippen molar-refractivity contribution in [2.24, 2.45) is 5.92 Å². The number of nitrogens with one attached hydrogen (secondary N) is 1. The first-order chi connectivity index (χ1) is 9.65. The van der Waals surface area contributed by atoms with E-state index in [1.807, 2.05) is 30.3 Å². The Morgan fingerprint density at radius 1 is 1.35 bits per heavy atom. The second kappa shape index (κ2) is 6.36. The molecule has 2 rings (SSSR count). The van der Waals surface area contributed by atoms with Gasteiger partial charge >= 0.3 is 0 Å². The molecule has 2 N–H and O–H groups in total. The maximum absolute atomic E-state index is 9.28. The Kier molecular flexibility index (Phi) is 4.54. The molecule has 4 heteroatoms. The standard InChI is InChI=1S/C16H19N3O/c1-11(2)14(7-8-20)18-16-13(10-17)9-12-5-3-4-6-15(12)19-16/h3-6,9,11,14,20H,7-8H2,1-2H3,(H,18,19). The molecule has 1 heterocycles. The van der Waals surface area contributed by atoms with Gasteiger partial charge in [-0.2, -0.15) is 5.26 Å². The number of aliphatic hydroxyl groups is 1. The molecule has 0 radical (unpaired) electrons. The van der Waals surface area contributed by atoms with Gasteiger partial charge in [-0.25, -0.2) is 4.98 Å². The molecule has 1 atom stereocenters. The van der Waals surface area contributed by atoms with Crippen LogP contribution in [0.15, 0.2) is 30.3 Å². The predicted octanol–water partition coefficient (Wildman–Crippen LogP) is 2.93. The minimum Gasteiger partial charge on any atom is -0.396 e. The summed E-state index contributed by atoms with van der Waals surface area (Å²) < 4.78 is 0. The van der Waals surface area contributed by atoms with Gasteiger partial charge in [0.1, 0.15) is 11.9 Å². The lowest BCUT2D eigenvalue weighted by Gasteiger charge is -2.22. The van der Waals surface area contributed by atoms with Gasteiger partial charge in [0.25, 0.3) is 0 Å². The van der Waals surface area contributed by atoms with Crippen molar-refractivity contribution in [3.8, 4) is 6.07 Å². The van der Waals surface area contributed by atoms with Crippen molar-refractivity contribution in [1.29, 1.82) is 5.26 Å². The van der Waals surface area contributed by atoms with Gasteiger partial charge in [-0.05, 0) is 24.5 Å². The number of rotatable bonds is 5. The molecule has 20 heavy (non-hydrogen) atoms. The lowest BCUT2D eigenvalue weighted by atomic mass is 10.0. The number of aromatic nitrogens is 1. The summed E-state index contributed by atoms with van der Waals surface area (Å²) in [4.78, 5) is 4.54. The molecular weight excluding hydrogens is 250 g/mol. The maximum Gasteiger partial charge on any atom is 0.144 e. The second-order valence-electron chi connectivity index (χ2n) is 5.20. The van der Waals surface area contributed by atoms with Crippen molar-refractivity contribution in [3.05, 3.63) is 35.9 Å². The van der Waals surface area contributed by atoms with Crippen LogP contribution >= 0.6 is 0 Å². The van der Waals surface area contributed by atoms with E-state index in [1.54, 1.807) is 0 Å². The molecule has 0 aliphatic heterocycles. The van der Waals surface area contributed by atoms with Crippen molar-refractivity contribution in [1.82, 2.24) is 4.98 Å². The average molecular weight is 269 g/mol. The monoisotopic (exact) mass is 269 g/mol. The van der Waals surface area contributed by atoms with Gasteiger partial charge in [0, 0.05) is 18.0 Å². The van der Waals surface area contributed by atoms with Crippen molar-refractivity contribution in [3.63, 3.8) is 0 Å². The summed E-state index contributed by atoms with van der Waals surface area (Å²) in [5.74, 6) is 0.945.